The van der Waals surface area contributed by atoms with Crippen LogP contribution in [0.15, 0.2) is 42.5 Å². The molecule has 3 rings (SSSR count). The number of carbonyl (C=O) groups is 1. The lowest BCUT2D eigenvalue weighted by atomic mass is 10.1. The van der Waals surface area contributed by atoms with Crippen LogP contribution in [0.4, 0.5) is 0 Å². The first-order chi connectivity index (χ1) is 11.2. The minimum atomic E-state index is -0.952. The molecule has 120 valence electrons. The molecule has 0 fully saturated rings. The highest BCUT2D eigenvalue weighted by atomic mass is 16.7. The van der Waals surface area contributed by atoms with Crippen molar-refractivity contribution in [3.63, 3.8) is 0 Å². The summed E-state index contributed by atoms with van der Waals surface area (Å²) in [5.74, 6) is 0.980. The molecule has 2 N–H and O–H groups in total. The second-order valence-corrected chi connectivity index (χ2v) is 5.12. The lowest BCUT2D eigenvalue weighted by molar-refractivity contribution is -0.139. The summed E-state index contributed by atoms with van der Waals surface area (Å²) in [4.78, 5) is 11.6. The van der Waals surface area contributed by atoms with Crippen molar-refractivity contribution < 1.29 is 24.1 Å². The van der Waals surface area contributed by atoms with E-state index in [1.807, 2.05) is 24.3 Å². The van der Waals surface area contributed by atoms with Crippen molar-refractivity contribution in [3.05, 3.63) is 53.6 Å². The van der Waals surface area contributed by atoms with E-state index in [0.717, 1.165) is 11.3 Å². The fourth-order valence-electron chi connectivity index (χ4n) is 2.44. The molecule has 23 heavy (non-hydrogen) atoms. The van der Waals surface area contributed by atoms with Crippen molar-refractivity contribution in [3.8, 4) is 17.2 Å². The summed E-state index contributed by atoms with van der Waals surface area (Å²) >= 11 is 0. The average molecular weight is 315 g/mol. The number of methoxy groups -OCH3 is 1. The first-order valence-electron chi connectivity index (χ1n) is 7.16. The van der Waals surface area contributed by atoms with Crippen LogP contribution in [0, 0.1) is 0 Å². The quantitative estimate of drug-likeness (QED) is 0.852. The Hall–Kier alpha value is -2.73. The van der Waals surface area contributed by atoms with E-state index >= 15 is 0 Å². The number of nitrogens with one attached hydrogen (secondary N) is 1. The van der Waals surface area contributed by atoms with Gasteiger partial charge in [-0.25, -0.2) is 0 Å². The maximum absolute atomic E-state index is 11.6. The molecule has 0 bridgehead atoms. The molecule has 1 heterocycles. The van der Waals surface area contributed by atoms with Crippen LogP contribution in [0.2, 0.25) is 0 Å². The summed E-state index contributed by atoms with van der Waals surface area (Å²) in [5, 5.41) is 12.5. The zero-order chi connectivity index (χ0) is 16.2. The van der Waals surface area contributed by atoms with Crippen LogP contribution in [0.25, 0.3) is 0 Å². The van der Waals surface area contributed by atoms with Gasteiger partial charge in [0, 0.05) is 6.54 Å². The average Bonchev–Trinajstić information content (AvgIpc) is 3.02. The third-order valence-corrected chi connectivity index (χ3v) is 3.62. The molecule has 1 aliphatic rings. The molecule has 0 radical (unpaired) electrons. The van der Waals surface area contributed by atoms with Crippen molar-refractivity contribution in [2.24, 2.45) is 0 Å². The van der Waals surface area contributed by atoms with Gasteiger partial charge >= 0.3 is 5.97 Å². The van der Waals surface area contributed by atoms with Crippen LogP contribution in [0.3, 0.4) is 0 Å². The van der Waals surface area contributed by atoms with E-state index in [1.165, 1.54) is 0 Å². The number of rotatable bonds is 6. The summed E-state index contributed by atoms with van der Waals surface area (Å²) in [5.41, 5.74) is 1.56. The van der Waals surface area contributed by atoms with Crippen LogP contribution in [0.1, 0.15) is 17.2 Å². The van der Waals surface area contributed by atoms with Gasteiger partial charge in [-0.2, -0.15) is 0 Å². The monoisotopic (exact) mass is 315 g/mol. The molecule has 0 aromatic heterocycles. The number of ether oxygens (including phenoxy) is 3. The number of fused-ring (bicyclic) bond motifs is 1. The standard InChI is InChI=1S/C17H17NO5/c1-21-13-4-2-3-11(7-13)9-18-16(17(19)20)12-5-6-14-15(8-12)23-10-22-14/h2-8,16,18H,9-10H2,1H3,(H,19,20). The molecule has 0 spiro atoms. The number of hydrogen-bond donors (Lipinski definition) is 2. The SMILES string of the molecule is COc1cccc(CNC(C(=O)O)c2ccc3c(c2)OCO3)c1. The summed E-state index contributed by atoms with van der Waals surface area (Å²) < 4.78 is 15.7. The molecule has 6 heteroatoms. The Labute approximate surface area is 133 Å². The molecule has 2 aromatic rings. The van der Waals surface area contributed by atoms with E-state index in [9.17, 15) is 9.90 Å². The molecule has 2 aromatic carbocycles. The van der Waals surface area contributed by atoms with Crippen LogP contribution in [-0.4, -0.2) is 25.0 Å². The second kappa shape index (κ2) is 6.58. The van der Waals surface area contributed by atoms with Crippen molar-refractivity contribution in [2.75, 3.05) is 13.9 Å². The summed E-state index contributed by atoms with van der Waals surface area (Å²) in [6.45, 7) is 0.566. The van der Waals surface area contributed by atoms with Crippen LogP contribution < -0.4 is 19.5 Å². The van der Waals surface area contributed by atoms with Gasteiger partial charge < -0.3 is 19.3 Å². The lowest BCUT2D eigenvalue weighted by Gasteiger charge is -2.15. The molecular formula is C17H17NO5. The molecule has 0 saturated carbocycles. The van der Waals surface area contributed by atoms with Crippen LogP contribution >= 0.6 is 0 Å². The van der Waals surface area contributed by atoms with Gasteiger partial charge in [0.2, 0.25) is 6.79 Å². The summed E-state index contributed by atoms with van der Waals surface area (Å²) in [6.07, 6.45) is 0. The molecule has 0 saturated heterocycles. The van der Waals surface area contributed by atoms with Gasteiger partial charge in [0.1, 0.15) is 11.8 Å². The maximum Gasteiger partial charge on any atom is 0.325 e. The molecular weight excluding hydrogens is 298 g/mol. The van der Waals surface area contributed by atoms with Crippen molar-refractivity contribution in [2.45, 2.75) is 12.6 Å². The smallest absolute Gasteiger partial charge is 0.325 e. The predicted molar refractivity (Wildman–Crippen MR) is 82.8 cm³/mol. The Morgan fingerprint density at radius 3 is 2.87 bits per heavy atom. The van der Waals surface area contributed by atoms with E-state index in [2.05, 4.69) is 5.32 Å². The Morgan fingerprint density at radius 2 is 2.09 bits per heavy atom. The number of carboxylic acid groups (broad SMARTS) is 1. The zero-order valence-electron chi connectivity index (χ0n) is 12.6. The highest BCUT2D eigenvalue weighted by molar-refractivity contribution is 5.76. The zero-order valence-corrected chi connectivity index (χ0v) is 12.6. The largest absolute Gasteiger partial charge is 0.497 e. The van der Waals surface area contributed by atoms with Gasteiger partial charge in [-0.1, -0.05) is 18.2 Å². The van der Waals surface area contributed by atoms with Crippen molar-refractivity contribution >= 4 is 5.97 Å². The first-order valence-corrected chi connectivity index (χ1v) is 7.16. The second-order valence-electron chi connectivity index (χ2n) is 5.12. The minimum absolute atomic E-state index is 0.160. The lowest BCUT2D eigenvalue weighted by Crippen LogP contribution is -2.28. The maximum atomic E-state index is 11.6. The van der Waals surface area contributed by atoms with Gasteiger partial charge in [0.05, 0.1) is 7.11 Å². The highest BCUT2D eigenvalue weighted by Gasteiger charge is 2.22. The molecule has 6 nitrogen and oxygen atoms in total. The highest BCUT2D eigenvalue weighted by Crippen LogP contribution is 2.34. The van der Waals surface area contributed by atoms with E-state index in [0.29, 0.717) is 23.6 Å². The summed E-state index contributed by atoms with van der Waals surface area (Å²) in [7, 11) is 1.60. The Balaban J connectivity index is 1.75. The van der Waals surface area contributed by atoms with Gasteiger partial charge in [-0.05, 0) is 35.4 Å². The Bertz CT molecular complexity index is 716. The predicted octanol–water partition coefficient (Wildman–Crippen LogP) is 2.34. The van der Waals surface area contributed by atoms with Gasteiger partial charge in [0.15, 0.2) is 11.5 Å². The van der Waals surface area contributed by atoms with E-state index in [1.54, 1.807) is 25.3 Å². The number of hydrogen-bond acceptors (Lipinski definition) is 5. The van der Waals surface area contributed by atoms with Crippen LogP contribution in [-0.2, 0) is 11.3 Å². The third-order valence-electron chi connectivity index (χ3n) is 3.62. The van der Waals surface area contributed by atoms with Crippen molar-refractivity contribution in [1.29, 1.82) is 0 Å². The number of aliphatic carboxylic acids is 1. The summed E-state index contributed by atoms with van der Waals surface area (Å²) in [6, 6.07) is 11.8. The first kappa shape index (κ1) is 15.2. The van der Waals surface area contributed by atoms with E-state index < -0.39 is 12.0 Å². The fourth-order valence-corrected chi connectivity index (χ4v) is 2.44. The fraction of sp³-hybridized carbons (Fsp3) is 0.235. The number of benzene rings is 2. The normalized spacial score (nSPS) is 13.6. The molecule has 1 atom stereocenters. The van der Waals surface area contributed by atoms with Gasteiger partial charge in [-0.15, -0.1) is 0 Å². The number of carboxylic acids is 1. The molecule has 1 unspecified atom stereocenters. The molecule has 0 amide bonds. The molecule has 0 aliphatic carbocycles. The third kappa shape index (κ3) is 3.37. The van der Waals surface area contributed by atoms with Crippen LogP contribution in [0.5, 0.6) is 17.2 Å². The van der Waals surface area contributed by atoms with E-state index in [4.69, 9.17) is 14.2 Å². The van der Waals surface area contributed by atoms with Gasteiger partial charge in [0.25, 0.3) is 0 Å². The van der Waals surface area contributed by atoms with E-state index in [-0.39, 0.29) is 6.79 Å². The Morgan fingerprint density at radius 1 is 1.26 bits per heavy atom. The molecule has 1 aliphatic heterocycles. The minimum Gasteiger partial charge on any atom is -0.497 e. The van der Waals surface area contributed by atoms with Crippen molar-refractivity contribution in [1.82, 2.24) is 5.32 Å². The topological polar surface area (TPSA) is 77.0 Å². The Kier molecular flexibility index (Phi) is 4.34. The van der Waals surface area contributed by atoms with Gasteiger partial charge in [-0.3, -0.25) is 10.1 Å².